The van der Waals surface area contributed by atoms with Gasteiger partial charge in [-0.2, -0.15) is 0 Å². The normalized spacial score (nSPS) is 27.1. The molecule has 8 heteroatoms. The van der Waals surface area contributed by atoms with Crippen LogP contribution in [0.2, 0.25) is 0 Å². The smallest absolute Gasteiger partial charge is 0.336 e. The molecule has 4 N–H and O–H groups in total. The van der Waals surface area contributed by atoms with Crippen molar-refractivity contribution < 1.29 is 34.3 Å². The molecule has 0 radical (unpaired) electrons. The Labute approximate surface area is 165 Å². The molecule has 0 aliphatic carbocycles. The highest BCUT2D eigenvalue weighted by Gasteiger charge is 2.44. The summed E-state index contributed by atoms with van der Waals surface area (Å²) in [5, 5.41) is 39.8. The first-order chi connectivity index (χ1) is 14.0. The van der Waals surface area contributed by atoms with Crippen molar-refractivity contribution in [3.8, 4) is 16.9 Å². The summed E-state index contributed by atoms with van der Waals surface area (Å²) in [4.78, 5) is 12.0. The Balaban J connectivity index is 1.67. The van der Waals surface area contributed by atoms with E-state index in [1.807, 2.05) is 30.3 Å². The zero-order chi connectivity index (χ0) is 20.5. The lowest BCUT2D eigenvalue weighted by molar-refractivity contribution is -0.277. The van der Waals surface area contributed by atoms with E-state index in [2.05, 4.69) is 0 Å². The molecule has 1 saturated heterocycles. The lowest BCUT2D eigenvalue weighted by Crippen LogP contribution is -2.60. The van der Waals surface area contributed by atoms with Crippen molar-refractivity contribution in [2.24, 2.45) is 0 Å². The minimum absolute atomic E-state index is 0.218. The lowest BCUT2D eigenvalue weighted by atomic mass is 9.99. The van der Waals surface area contributed by atoms with Crippen LogP contribution in [0.3, 0.4) is 0 Å². The SMILES string of the molecule is O=c1cc(-c2ccccc2)c2ccc(O[C@@H]3O[C@H](CO)[C@@H](O)[C@H](O)[C@H]3O)cc2o1. The molecule has 3 aromatic rings. The van der Waals surface area contributed by atoms with Crippen LogP contribution in [0.15, 0.2) is 63.8 Å². The van der Waals surface area contributed by atoms with Gasteiger partial charge >= 0.3 is 5.63 Å². The van der Waals surface area contributed by atoms with Gasteiger partial charge in [0.25, 0.3) is 0 Å². The van der Waals surface area contributed by atoms with Gasteiger partial charge in [0, 0.05) is 17.5 Å². The summed E-state index contributed by atoms with van der Waals surface area (Å²) in [6, 6.07) is 15.6. The summed E-state index contributed by atoms with van der Waals surface area (Å²) in [5.41, 5.74) is 1.31. The van der Waals surface area contributed by atoms with E-state index in [1.165, 1.54) is 12.1 Å². The molecule has 2 heterocycles. The number of rotatable bonds is 4. The van der Waals surface area contributed by atoms with Crippen LogP contribution in [0.4, 0.5) is 0 Å². The Hall–Kier alpha value is -2.75. The largest absolute Gasteiger partial charge is 0.462 e. The van der Waals surface area contributed by atoms with Gasteiger partial charge in [-0.3, -0.25) is 0 Å². The summed E-state index contributed by atoms with van der Waals surface area (Å²) >= 11 is 0. The third kappa shape index (κ3) is 3.76. The van der Waals surface area contributed by atoms with Crippen LogP contribution in [-0.4, -0.2) is 57.7 Å². The molecule has 4 rings (SSSR count). The monoisotopic (exact) mass is 400 g/mol. The van der Waals surface area contributed by atoms with Crippen molar-refractivity contribution in [3.63, 3.8) is 0 Å². The maximum Gasteiger partial charge on any atom is 0.336 e. The fourth-order valence-corrected chi connectivity index (χ4v) is 3.37. The van der Waals surface area contributed by atoms with Crippen LogP contribution < -0.4 is 10.4 Å². The van der Waals surface area contributed by atoms with Crippen molar-refractivity contribution in [2.75, 3.05) is 6.61 Å². The molecule has 5 atom stereocenters. The van der Waals surface area contributed by atoms with Crippen LogP contribution >= 0.6 is 0 Å². The molecule has 1 aliphatic rings. The maximum atomic E-state index is 12.0. The second-order valence-corrected chi connectivity index (χ2v) is 6.82. The molecule has 1 aromatic heterocycles. The van der Waals surface area contributed by atoms with Gasteiger partial charge in [-0.15, -0.1) is 0 Å². The Morgan fingerprint density at radius 2 is 1.69 bits per heavy atom. The molecule has 152 valence electrons. The molecule has 0 spiro atoms. The predicted octanol–water partition coefficient (Wildman–Crippen LogP) is 0.639. The average Bonchev–Trinajstić information content (AvgIpc) is 2.74. The fourth-order valence-electron chi connectivity index (χ4n) is 3.37. The highest BCUT2D eigenvalue weighted by Crippen LogP contribution is 2.31. The Kier molecular flexibility index (Phi) is 5.35. The van der Waals surface area contributed by atoms with Crippen LogP contribution in [0.25, 0.3) is 22.1 Å². The van der Waals surface area contributed by atoms with E-state index in [0.29, 0.717) is 10.9 Å². The second kappa shape index (κ2) is 7.94. The first-order valence-electron chi connectivity index (χ1n) is 9.08. The fraction of sp³-hybridized carbons (Fsp3) is 0.286. The number of ether oxygens (including phenoxy) is 2. The second-order valence-electron chi connectivity index (χ2n) is 6.82. The quantitative estimate of drug-likeness (QED) is 0.470. The number of hydrogen-bond acceptors (Lipinski definition) is 8. The Morgan fingerprint density at radius 3 is 2.41 bits per heavy atom. The van der Waals surface area contributed by atoms with Gasteiger partial charge in [-0.05, 0) is 23.3 Å². The zero-order valence-electron chi connectivity index (χ0n) is 15.2. The third-order valence-corrected chi connectivity index (χ3v) is 4.90. The van der Waals surface area contributed by atoms with E-state index in [0.717, 1.165) is 5.56 Å². The van der Waals surface area contributed by atoms with Gasteiger partial charge in [-0.1, -0.05) is 30.3 Å². The van der Waals surface area contributed by atoms with Crippen molar-refractivity contribution in [2.45, 2.75) is 30.7 Å². The molecule has 8 nitrogen and oxygen atoms in total. The summed E-state index contributed by atoms with van der Waals surface area (Å²) in [5.74, 6) is 0.218. The van der Waals surface area contributed by atoms with Crippen LogP contribution in [0.5, 0.6) is 5.75 Å². The van der Waals surface area contributed by atoms with E-state index in [-0.39, 0.29) is 11.3 Å². The molecule has 29 heavy (non-hydrogen) atoms. The Morgan fingerprint density at radius 1 is 0.931 bits per heavy atom. The standard InChI is InChI=1S/C21H20O8/c22-10-16-18(24)19(25)20(26)21(29-16)27-12-6-7-13-14(11-4-2-1-3-5-11)9-17(23)28-15(13)8-12/h1-9,16,18-22,24-26H,10H2/t16-,18-,19+,20-,21-/m1/s1. The van der Waals surface area contributed by atoms with Crippen LogP contribution in [-0.2, 0) is 4.74 Å². The van der Waals surface area contributed by atoms with Gasteiger partial charge < -0.3 is 34.3 Å². The number of fused-ring (bicyclic) bond motifs is 1. The first-order valence-corrected chi connectivity index (χ1v) is 9.08. The number of benzene rings is 2. The summed E-state index contributed by atoms with van der Waals surface area (Å²) < 4.78 is 16.2. The minimum atomic E-state index is -1.55. The van der Waals surface area contributed by atoms with Gasteiger partial charge in [-0.25, -0.2) is 4.79 Å². The minimum Gasteiger partial charge on any atom is -0.462 e. The zero-order valence-corrected chi connectivity index (χ0v) is 15.2. The number of aliphatic hydroxyl groups is 4. The topological polar surface area (TPSA) is 130 Å². The molecule has 0 unspecified atom stereocenters. The van der Waals surface area contributed by atoms with Gasteiger partial charge in [0.05, 0.1) is 6.61 Å². The maximum absolute atomic E-state index is 12.0. The van der Waals surface area contributed by atoms with Crippen LogP contribution in [0.1, 0.15) is 0 Å². The van der Waals surface area contributed by atoms with Crippen molar-refractivity contribution in [3.05, 3.63) is 65.0 Å². The number of hydrogen-bond donors (Lipinski definition) is 4. The van der Waals surface area contributed by atoms with E-state index in [1.54, 1.807) is 12.1 Å². The highest BCUT2D eigenvalue weighted by atomic mass is 16.7. The number of aliphatic hydroxyl groups excluding tert-OH is 4. The average molecular weight is 400 g/mol. The van der Waals surface area contributed by atoms with Crippen molar-refractivity contribution in [1.29, 1.82) is 0 Å². The van der Waals surface area contributed by atoms with Crippen molar-refractivity contribution >= 4 is 11.0 Å². The summed E-state index contributed by atoms with van der Waals surface area (Å²) in [6.45, 7) is -0.558. The summed E-state index contributed by atoms with van der Waals surface area (Å²) in [6.07, 6.45) is -6.97. The lowest BCUT2D eigenvalue weighted by Gasteiger charge is -2.39. The summed E-state index contributed by atoms with van der Waals surface area (Å²) in [7, 11) is 0. The first kappa shape index (κ1) is 19.6. The molecule has 0 bridgehead atoms. The predicted molar refractivity (Wildman–Crippen MR) is 102 cm³/mol. The Bertz CT molecular complexity index is 1050. The van der Waals surface area contributed by atoms with Crippen molar-refractivity contribution in [1.82, 2.24) is 0 Å². The molecule has 0 saturated carbocycles. The van der Waals surface area contributed by atoms with E-state index in [9.17, 15) is 25.2 Å². The highest BCUT2D eigenvalue weighted by molar-refractivity contribution is 5.93. The third-order valence-electron chi connectivity index (χ3n) is 4.90. The van der Waals surface area contributed by atoms with Gasteiger partial charge in [0.15, 0.2) is 0 Å². The molecular weight excluding hydrogens is 380 g/mol. The molecular formula is C21H20O8. The molecule has 1 fully saturated rings. The van der Waals surface area contributed by atoms with E-state index in [4.69, 9.17) is 13.9 Å². The van der Waals surface area contributed by atoms with E-state index >= 15 is 0 Å². The van der Waals surface area contributed by atoms with Gasteiger partial charge in [0.2, 0.25) is 6.29 Å². The molecule has 2 aromatic carbocycles. The molecule has 1 aliphatic heterocycles. The van der Waals surface area contributed by atoms with Gasteiger partial charge in [0.1, 0.15) is 35.7 Å². The molecule has 0 amide bonds. The van der Waals surface area contributed by atoms with Crippen LogP contribution in [0, 0.1) is 0 Å². The van der Waals surface area contributed by atoms with E-state index < -0.39 is 42.9 Å².